The Labute approximate surface area is 251 Å². The molecule has 226 valence electrons. The summed E-state index contributed by atoms with van der Waals surface area (Å²) >= 11 is 0. The second kappa shape index (κ2) is 12.1. The third-order valence-electron chi connectivity index (χ3n) is 7.79. The molecule has 1 amide bonds. The van der Waals surface area contributed by atoms with E-state index < -0.39 is 5.60 Å². The number of fused-ring (bicyclic) bond motifs is 1. The van der Waals surface area contributed by atoms with E-state index in [0.717, 1.165) is 59.9 Å². The zero-order chi connectivity index (χ0) is 30.0. The van der Waals surface area contributed by atoms with Gasteiger partial charge >= 0.3 is 6.09 Å². The van der Waals surface area contributed by atoms with Crippen molar-refractivity contribution in [2.45, 2.75) is 39.3 Å². The van der Waals surface area contributed by atoms with Gasteiger partial charge in [0.15, 0.2) is 0 Å². The van der Waals surface area contributed by atoms with Crippen LogP contribution in [0.3, 0.4) is 0 Å². The van der Waals surface area contributed by atoms with Crippen molar-refractivity contribution in [2.75, 3.05) is 62.7 Å². The van der Waals surface area contributed by atoms with Crippen LogP contribution in [-0.4, -0.2) is 98.9 Å². The van der Waals surface area contributed by atoms with Gasteiger partial charge in [-0.3, -0.25) is 4.90 Å². The Hall–Kier alpha value is -4.29. The van der Waals surface area contributed by atoms with E-state index in [1.54, 1.807) is 11.2 Å². The van der Waals surface area contributed by atoms with Crippen molar-refractivity contribution in [2.24, 2.45) is 0 Å². The van der Waals surface area contributed by atoms with Gasteiger partial charge in [-0.15, -0.1) is 0 Å². The van der Waals surface area contributed by atoms with E-state index >= 15 is 0 Å². The summed E-state index contributed by atoms with van der Waals surface area (Å²) in [6.45, 7) is 13.7. The van der Waals surface area contributed by atoms with Crippen molar-refractivity contribution in [3.63, 3.8) is 0 Å². The largest absolute Gasteiger partial charge is 0.444 e. The van der Waals surface area contributed by atoms with Crippen LogP contribution in [0.5, 0.6) is 0 Å². The topological polar surface area (TPSA) is 125 Å². The normalized spacial score (nSPS) is 17.2. The molecular formula is C31H39N9O3. The van der Waals surface area contributed by atoms with Crippen LogP contribution in [-0.2, 0) is 9.47 Å². The molecule has 6 rings (SSSR count). The molecule has 0 spiro atoms. The molecule has 0 radical (unpaired) electrons. The molecule has 2 aliphatic heterocycles. The summed E-state index contributed by atoms with van der Waals surface area (Å²) in [6.07, 6.45) is 3.18. The molecule has 43 heavy (non-hydrogen) atoms. The number of amides is 1. The maximum absolute atomic E-state index is 12.5. The Bertz CT molecular complexity index is 1570. The number of pyridine rings is 1. The number of benzene rings is 1. The number of hydrogen-bond donors (Lipinski definition) is 2. The Morgan fingerprint density at radius 2 is 1.79 bits per heavy atom. The van der Waals surface area contributed by atoms with Gasteiger partial charge in [0.2, 0.25) is 5.95 Å². The molecule has 5 heterocycles. The van der Waals surface area contributed by atoms with E-state index in [4.69, 9.17) is 14.5 Å². The number of ether oxygens (including phenoxy) is 2. The predicted octanol–water partition coefficient (Wildman–Crippen LogP) is 4.61. The van der Waals surface area contributed by atoms with Gasteiger partial charge in [0, 0.05) is 63.1 Å². The predicted molar refractivity (Wildman–Crippen MR) is 165 cm³/mol. The molecule has 0 bridgehead atoms. The minimum Gasteiger partial charge on any atom is -0.444 e. The van der Waals surface area contributed by atoms with Crippen molar-refractivity contribution in [1.82, 2.24) is 34.7 Å². The fraction of sp³-hybridized carbons (Fsp3) is 0.452. The van der Waals surface area contributed by atoms with Crippen molar-refractivity contribution in [3.05, 3.63) is 54.5 Å². The summed E-state index contributed by atoms with van der Waals surface area (Å²) in [6, 6.07) is 12.4. The molecule has 3 aromatic heterocycles. The molecule has 2 aliphatic rings. The lowest BCUT2D eigenvalue weighted by Gasteiger charge is -2.38. The maximum atomic E-state index is 12.5. The quantitative estimate of drug-likeness (QED) is 0.331. The summed E-state index contributed by atoms with van der Waals surface area (Å²) in [4.78, 5) is 40.5. The van der Waals surface area contributed by atoms with Crippen LogP contribution in [0.25, 0.3) is 22.3 Å². The highest BCUT2D eigenvalue weighted by molar-refractivity contribution is 5.83. The number of H-pyrrole nitrogens is 1. The molecule has 1 unspecified atom stereocenters. The molecular weight excluding hydrogens is 546 g/mol. The van der Waals surface area contributed by atoms with Crippen LogP contribution < -0.4 is 10.2 Å². The lowest BCUT2D eigenvalue weighted by atomic mass is 10.1. The summed E-state index contributed by atoms with van der Waals surface area (Å²) in [5.74, 6) is 2.24. The van der Waals surface area contributed by atoms with E-state index in [0.29, 0.717) is 38.1 Å². The van der Waals surface area contributed by atoms with E-state index in [1.165, 1.54) is 0 Å². The molecule has 0 aliphatic carbocycles. The average Bonchev–Trinajstić information content (AvgIpc) is 3.42. The van der Waals surface area contributed by atoms with Crippen molar-refractivity contribution in [1.29, 1.82) is 0 Å². The number of nitrogens with one attached hydrogen (secondary N) is 2. The van der Waals surface area contributed by atoms with Crippen molar-refractivity contribution >= 4 is 34.7 Å². The fourth-order valence-corrected chi connectivity index (χ4v) is 5.42. The lowest BCUT2D eigenvalue weighted by Crippen LogP contribution is -2.50. The smallest absolute Gasteiger partial charge is 0.410 e. The number of aromatic nitrogens is 5. The molecule has 12 heteroatoms. The van der Waals surface area contributed by atoms with Gasteiger partial charge in [-0.1, -0.05) is 6.07 Å². The highest BCUT2D eigenvalue weighted by Crippen LogP contribution is 2.28. The molecule has 4 aromatic rings. The SMILES string of the molecule is CC(c1ccnc(Nc2nc3ccc(-c4cc(N5CCOCC5)ncn4)cc3[nH]2)c1)N1CCN(C(=O)OC(C)(C)C)CC1. The van der Waals surface area contributed by atoms with E-state index in [2.05, 4.69) is 54.1 Å². The summed E-state index contributed by atoms with van der Waals surface area (Å²) in [5.41, 5.74) is 4.24. The highest BCUT2D eigenvalue weighted by Gasteiger charge is 2.28. The Morgan fingerprint density at radius 3 is 2.56 bits per heavy atom. The number of imidazole rings is 1. The summed E-state index contributed by atoms with van der Waals surface area (Å²) in [5, 5.41) is 3.34. The van der Waals surface area contributed by atoms with Gasteiger partial charge in [-0.05, 0) is 57.5 Å². The third kappa shape index (κ3) is 6.86. The zero-order valence-electron chi connectivity index (χ0n) is 25.2. The van der Waals surface area contributed by atoms with Gasteiger partial charge in [0.25, 0.3) is 0 Å². The van der Waals surface area contributed by atoms with Crippen LogP contribution in [0.1, 0.15) is 39.3 Å². The van der Waals surface area contributed by atoms with Gasteiger partial charge in [-0.2, -0.15) is 0 Å². The van der Waals surface area contributed by atoms with Crippen molar-refractivity contribution in [3.8, 4) is 11.3 Å². The molecule has 1 atom stereocenters. The minimum atomic E-state index is -0.492. The standard InChI is InChI=1S/C31H39N9O3/c1-21(38-9-11-40(12-10-38)30(41)43-31(2,3)4)22-7-8-32-27(18-22)37-29-35-24-6-5-23(17-26(24)36-29)25-19-28(34-20-33-25)39-13-15-42-16-14-39/h5-8,17-21H,9-16H2,1-4H3,(H2,32,35,36,37). The van der Waals surface area contributed by atoms with Gasteiger partial charge in [-0.25, -0.2) is 24.7 Å². The molecule has 2 fully saturated rings. The monoisotopic (exact) mass is 585 g/mol. The number of morpholine rings is 1. The number of hydrogen-bond acceptors (Lipinski definition) is 10. The van der Waals surface area contributed by atoms with Crippen molar-refractivity contribution < 1.29 is 14.3 Å². The number of carbonyl (C=O) groups excluding carboxylic acids is 1. The first-order valence-electron chi connectivity index (χ1n) is 14.8. The Morgan fingerprint density at radius 1 is 1.00 bits per heavy atom. The van der Waals surface area contributed by atoms with E-state index in [9.17, 15) is 4.79 Å². The number of piperazine rings is 1. The van der Waals surface area contributed by atoms with E-state index in [1.807, 2.05) is 51.2 Å². The molecule has 2 N–H and O–H groups in total. The van der Waals surface area contributed by atoms with Crippen LogP contribution >= 0.6 is 0 Å². The number of anilines is 3. The van der Waals surface area contributed by atoms with Crippen LogP contribution in [0.15, 0.2) is 48.9 Å². The second-order valence-electron chi connectivity index (χ2n) is 12.0. The Balaban J connectivity index is 1.11. The highest BCUT2D eigenvalue weighted by atomic mass is 16.6. The molecule has 12 nitrogen and oxygen atoms in total. The van der Waals surface area contributed by atoms with Crippen LogP contribution in [0, 0.1) is 0 Å². The molecule has 0 saturated carbocycles. The number of rotatable bonds is 6. The Kier molecular flexibility index (Phi) is 8.13. The fourth-order valence-electron chi connectivity index (χ4n) is 5.42. The second-order valence-corrected chi connectivity index (χ2v) is 12.0. The summed E-state index contributed by atoms with van der Waals surface area (Å²) in [7, 11) is 0. The first-order chi connectivity index (χ1) is 20.7. The zero-order valence-corrected chi connectivity index (χ0v) is 25.2. The molecule has 1 aromatic carbocycles. The van der Waals surface area contributed by atoms with Gasteiger partial charge < -0.3 is 29.6 Å². The van der Waals surface area contributed by atoms with E-state index in [-0.39, 0.29) is 12.1 Å². The van der Waals surface area contributed by atoms with Gasteiger partial charge in [0.05, 0.1) is 29.9 Å². The number of carbonyl (C=O) groups is 1. The first kappa shape index (κ1) is 28.8. The first-order valence-corrected chi connectivity index (χ1v) is 14.8. The maximum Gasteiger partial charge on any atom is 0.410 e. The number of nitrogens with zero attached hydrogens (tertiary/aromatic N) is 7. The number of aromatic amines is 1. The molecule has 2 saturated heterocycles. The average molecular weight is 586 g/mol. The third-order valence-corrected chi connectivity index (χ3v) is 7.79. The summed E-state index contributed by atoms with van der Waals surface area (Å²) < 4.78 is 11.0. The van der Waals surface area contributed by atoms with Crippen LogP contribution in [0.2, 0.25) is 0 Å². The van der Waals surface area contributed by atoms with Gasteiger partial charge in [0.1, 0.15) is 23.6 Å². The van der Waals surface area contributed by atoms with Crippen LogP contribution in [0.4, 0.5) is 22.4 Å². The lowest BCUT2D eigenvalue weighted by molar-refractivity contribution is 0.0110. The minimum absolute atomic E-state index is 0.165.